The molecule has 150 valence electrons. The molecule has 3 aromatic rings. The van der Waals surface area contributed by atoms with E-state index in [1.807, 2.05) is 31.4 Å². The lowest BCUT2D eigenvalue weighted by Gasteiger charge is -2.12. The number of benzene rings is 2. The molecule has 0 atom stereocenters. The highest BCUT2D eigenvalue weighted by molar-refractivity contribution is 6.35. The second-order valence-electron chi connectivity index (χ2n) is 6.68. The maximum Gasteiger partial charge on any atom is 0.271 e. The summed E-state index contributed by atoms with van der Waals surface area (Å²) in [5, 5.41) is 16.6. The number of hydrogen-bond donors (Lipinski definition) is 1. The van der Waals surface area contributed by atoms with Crippen molar-refractivity contribution in [1.29, 1.82) is 0 Å². The van der Waals surface area contributed by atoms with Crippen LogP contribution in [-0.4, -0.2) is 15.7 Å². The van der Waals surface area contributed by atoms with E-state index in [0.717, 1.165) is 33.8 Å². The van der Waals surface area contributed by atoms with Crippen LogP contribution in [0.5, 0.6) is 0 Å². The number of rotatable bonds is 6. The highest BCUT2D eigenvalue weighted by Crippen LogP contribution is 2.26. The molecular formula is C21H20Cl2N4O2. The van der Waals surface area contributed by atoms with E-state index in [2.05, 4.69) is 10.5 Å². The molecular weight excluding hydrogens is 411 g/mol. The van der Waals surface area contributed by atoms with Crippen LogP contribution in [0.4, 0.5) is 5.69 Å². The topological polar surface area (TPSA) is 72.5 Å². The van der Waals surface area contributed by atoms with Crippen molar-refractivity contribution in [3.8, 4) is 5.69 Å². The van der Waals surface area contributed by atoms with Crippen molar-refractivity contribution in [3.05, 3.63) is 90.7 Å². The van der Waals surface area contributed by atoms with Crippen LogP contribution in [0.1, 0.15) is 28.1 Å². The molecule has 0 fully saturated rings. The van der Waals surface area contributed by atoms with Gasteiger partial charge < -0.3 is 9.99 Å². The van der Waals surface area contributed by atoms with Gasteiger partial charge in [0.2, 0.25) is 0 Å². The predicted molar refractivity (Wildman–Crippen MR) is 118 cm³/mol. The van der Waals surface area contributed by atoms with Crippen LogP contribution in [0.2, 0.25) is 10.0 Å². The number of nitro benzene ring substituents is 1. The Kier molecular flexibility index (Phi) is 6.25. The molecule has 1 aromatic heterocycles. The minimum atomic E-state index is -0.386. The Morgan fingerprint density at radius 2 is 1.83 bits per heavy atom. The van der Waals surface area contributed by atoms with Crippen molar-refractivity contribution in [2.75, 3.05) is 0 Å². The lowest BCUT2D eigenvalue weighted by Crippen LogP contribution is -2.07. The number of nitro groups is 1. The van der Waals surface area contributed by atoms with Gasteiger partial charge in [-0.3, -0.25) is 10.1 Å². The molecule has 0 aliphatic carbocycles. The first-order chi connectivity index (χ1) is 13.8. The van der Waals surface area contributed by atoms with Gasteiger partial charge in [-0.2, -0.15) is 5.10 Å². The molecule has 8 heteroatoms. The van der Waals surface area contributed by atoms with Gasteiger partial charge in [-0.05, 0) is 44.5 Å². The largest absolute Gasteiger partial charge is 0.317 e. The van der Waals surface area contributed by atoms with Gasteiger partial charge in [0.05, 0.1) is 23.4 Å². The van der Waals surface area contributed by atoms with E-state index in [9.17, 15) is 10.1 Å². The molecule has 0 bridgehead atoms. The fraction of sp³-hybridized carbons (Fsp3) is 0.190. The molecule has 3 rings (SSSR count). The van der Waals surface area contributed by atoms with Crippen molar-refractivity contribution in [2.24, 2.45) is 5.10 Å². The van der Waals surface area contributed by atoms with Crippen LogP contribution in [0, 0.1) is 30.9 Å². The van der Waals surface area contributed by atoms with Crippen LogP contribution >= 0.6 is 23.2 Å². The normalized spacial score (nSPS) is 11.2. The van der Waals surface area contributed by atoms with E-state index in [4.69, 9.17) is 23.2 Å². The zero-order chi connectivity index (χ0) is 21.1. The summed E-state index contributed by atoms with van der Waals surface area (Å²) in [6.07, 6.45) is 1.72. The first-order valence-electron chi connectivity index (χ1n) is 8.92. The van der Waals surface area contributed by atoms with Crippen LogP contribution < -0.4 is 5.43 Å². The third kappa shape index (κ3) is 4.44. The van der Waals surface area contributed by atoms with Crippen molar-refractivity contribution in [2.45, 2.75) is 27.3 Å². The molecule has 0 aliphatic heterocycles. The SMILES string of the molecule is Cc1ccc([N+](=O)[O-])cc1-n1c(C)cc(/C=N/NCc2c(Cl)cccc2Cl)c1C. The van der Waals surface area contributed by atoms with E-state index in [1.54, 1.807) is 36.5 Å². The Labute approximate surface area is 178 Å². The first kappa shape index (κ1) is 20.9. The Hall–Kier alpha value is -2.83. The van der Waals surface area contributed by atoms with Crippen LogP contribution in [0.3, 0.4) is 0 Å². The van der Waals surface area contributed by atoms with Gasteiger partial charge in [0.15, 0.2) is 0 Å². The summed E-state index contributed by atoms with van der Waals surface area (Å²) >= 11 is 12.3. The predicted octanol–water partition coefficient (Wildman–Crippen LogP) is 5.74. The number of hydrogen-bond acceptors (Lipinski definition) is 4. The first-order valence-corrected chi connectivity index (χ1v) is 9.68. The van der Waals surface area contributed by atoms with Gasteiger partial charge in [-0.1, -0.05) is 35.3 Å². The molecule has 0 aliphatic rings. The maximum absolute atomic E-state index is 11.2. The third-order valence-corrected chi connectivity index (χ3v) is 5.44. The molecule has 29 heavy (non-hydrogen) atoms. The molecule has 1 heterocycles. The Morgan fingerprint density at radius 3 is 2.48 bits per heavy atom. The van der Waals surface area contributed by atoms with Crippen molar-refractivity contribution in [1.82, 2.24) is 9.99 Å². The van der Waals surface area contributed by atoms with Gasteiger partial charge in [0.1, 0.15) is 0 Å². The molecule has 0 saturated heterocycles. The quantitative estimate of drug-likeness (QED) is 0.307. The van der Waals surface area contributed by atoms with E-state index in [-0.39, 0.29) is 10.6 Å². The minimum Gasteiger partial charge on any atom is -0.317 e. The van der Waals surface area contributed by atoms with Crippen LogP contribution in [0.15, 0.2) is 47.6 Å². The lowest BCUT2D eigenvalue weighted by molar-refractivity contribution is -0.384. The van der Waals surface area contributed by atoms with Gasteiger partial charge in [-0.25, -0.2) is 0 Å². The smallest absolute Gasteiger partial charge is 0.271 e. The number of nitrogens with zero attached hydrogens (tertiary/aromatic N) is 3. The highest BCUT2D eigenvalue weighted by Gasteiger charge is 2.15. The summed E-state index contributed by atoms with van der Waals surface area (Å²) in [4.78, 5) is 10.8. The summed E-state index contributed by atoms with van der Waals surface area (Å²) in [5.74, 6) is 0. The zero-order valence-corrected chi connectivity index (χ0v) is 17.8. The van der Waals surface area contributed by atoms with Crippen LogP contribution in [0.25, 0.3) is 5.69 Å². The average Bonchev–Trinajstić information content (AvgIpc) is 2.94. The van der Waals surface area contributed by atoms with Crippen molar-refractivity contribution < 1.29 is 4.92 Å². The molecule has 0 radical (unpaired) electrons. The summed E-state index contributed by atoms with van der Waals surface area (Å²) < 4.78 is 1.99. The standard InChI is InChI=1S/C21H20Cl2N4O2/c1-13-7-8-17(27(28)29)10-21(13)26-14(2)9-16(15(26)3)11-24-25-12-18-19(22)5-4-6-20(18)23/h4-11,25H,12H2,1-3H3/b24-11+. The summed E-state index contributed by atoms with van der Waals surface area (Å²) in [6.45, 7) is 6.25. The molecule has 1 N–H and O–H groups in total. The average molecular weight is 431 g/mol. The third-order valence-electron chi connectivity index (χ3n) is 4.73. The number of aromatic nitrogens is 1. The maximum atomic E-state index is 11.2. The molecule has 0 amide bonds. The molecule has 0 unspecified atom stereocenters. The van der Waals surface area contributed by atoms with Gasteiger partial charge in [-0.15, -0.1) is 0 Å². The van der Waals surface area contributed by atoms with E-state index >= 15 is 0 Å². The second kappa shape index (κ2) is 8.68. The molecule has 0 spiro atoms. The Bertz CT molecular complexity index is 1090. The number of nitrogens with one attached hydrogen (secondary N) is 1. The van der Waals surface area contributed by atoms with Gasteiger partial charge >= 0.3 is 0 Å². The van der Waals surface area contributed by atoms with Crippen molar-refractivity contribution >= 4 is 35.1 Å². The number of aryl methyl sites for hydroxylation is 2. The van der Waals surface area contributed by atoms with Crippen molar-refractivity contribution in [3.63, 3.8) is 0 Å². The molecule has 6 nitrogen and oxygen atoms in total. The molecule has 2 aromatic carbocycles. The lowest BCUT2D eigenvalue weighted by atomic mass is 10.1. The highest BCUT2D eigenvalue weighted by atomic mass is 35.5. The van der Waals surface area contributed by atoms with E-state index in [1.165, 1.54) is 6.07 Å². The number of halogens is 2. The fourth-order valence-corrected chi connectivity index (χ4v) is 3.71. The van der Waals surface area contributed by atoms with Gasteiger partial charge in [0.25, 0.3) is 5.69 Å². The minimum absolute atomic E-state index is 0.0617. The number of hydrazone groups is 1. The monoisotopic (exact) mass is 430 g/mol. The zero-order valence-electron chi connectivity index (χ0n) is 16.2. The molecule has 0 saturated carbocycles. The van der Waals surface area contributed by atoms with Crippen LogP contribution in [-0.2, 0) is 6.54 Å². The van der Waals surface area contributed by atoms with E-state index in [0.29, 0.717) is 16.6 Å². The summed E-state index contributed by atoms with van der Waals surface area (Å²) in [7, 11) is 0. The van der Waals surface area contributed by atoms with E-state index < -0.39 is 0 Å². The van der Waals surface area contributed by atoms with Gasteiger partial charge in [0, 0.05) is 44.7 Å². The summed E-state index contributed by atoms with van der Waals surface area (Å²) in [6, 6.07) is 12.2. The Balaban J connectivity index is 1.84. The summed E-state index contributed by atoms with van der Waals surface area (Å²) in [5.41, 5.74) is 8.35. The number of non-ortho nitro benzene ring substituents is 1. The Morgan fingerprint density at radius 1 is 1.14 bits per heavy atom. The second-order valence-corrected chi connectivity index (χ2v) is 7.50. The fourth-order valence-electron chi connectivity index (χ4n) is 3.18.